The number of hydrogen-bond acceptors (Lipinski definition) is 2. The van der Waals surface area contributed by atoms with Gasteiger partial charge in [0.05, 0.1) is 0 Å². The molecule has 1 fully saturated rings. The molecule has 1 rings (SSSR count). The van der Waals surface area contributed by atoms with Crippen molar-refractivity contribution in [2.75, 3.05) is 0 Å². The van der Waals surface area contributed by atoms with Gasteiger partial charge >= 0.3 is 5.97 Å². The predicted molar refractivity (Wildman–Crippen MR) is 214 cm³/mol. The van der Waals surface area contributed by atoms with E-state index in [1.54, 1.807) is 0 Å². The highest BCUT2D eigenvalue weighted by Gasteiger charge is 2.36. The van der Waals surface area contributed by atoms with Gasteiger partial charge < -0.3 is 4.74 Å². The summed E-state index contributed by atoms with van der Waals surface area (Å²) in [5, 5.41) is 0. The summed E-state index contributed by atoms with van der Waals surface area (Å²) in [5.41, 5.74) is 0. The molecule has 1 aliphatic heterocycles. The molecule has 0 aromatic carbocycles. The summed E-state index contributed by atoms with van der Waals surface area (Å²) in [6.45, 7) is 4.60. The van der Waals surface area contributed by atoms with Gasteiger partial charge in [0.1, 0.15) is 11.7 Å². The number of allylic oxidation sites excluding steroid dienone is 1. The zero-order valence-electron chi connectivity index (χ0n) is 33.3. The van der Waals surface area contributed by atoms with Crippen LogP contribution >= 0.6 is 0 Å². The third-order valence-electron chi connectivity index (χ3n) is 11.1. The van der Waals surface area contributed by atoms with Crippen LogP contribution in [0.3, 0.4) is 0 Å². The van der Waals surface area contributed by atoms with Crippen LogP contribution in [0.2, 0.25) is 0 Å². The van der Waals surface area contributed by atoms with Gasteiger partial charge in [-0.15, -0.1) is 0 Å². The quantitative estimate of drug-likeness (QED) is 0.0478. The number of esters is 1. The van der Waals surface area contributed by atoms with Crippen LogP contribution in [-0.4, -0.2) is 5.97 Å². The zero-order valence-corrected chi connectivity index (χ0v) is 33.3. The maximum absolute atomic E-state index is 12.0. The molecule has 1 saturated heterocycles. The van der Waals surface area contributed by atoms with E-state index in [1.165, 1.54) is 244 Å². The highest BCUT2D eigenvalue weighted by atomic mass is 16.6. The fourth-order valence-corrected chi connectivity index (χ4v) is 7.65. The minimum Gasteiger partial charge on any atom is -0.430 e. The topological polar surface area (TPSA) is 26.3 Å². The Morgan fingerprint density at radius 1 is 0.375 bits per heavy atom. The molecule has 1 atom stereocenters. The highest BCUT2D eigenvalue weighted by molar-refractivity contribution is 5.82. The summed E-state index contributed by atoms with van der Waals surface area (Å²) in [5.74, 6) is 1.10. The third kappa shape index (κ3) is 30.1. The Kier molecular flexibility index (Phi) is 35.3. The second-order valence-corrected chi connectivity index (χ2v) is 15.9. The first kappa shape index (κ1) is 45.2. The average molecular weight is 673 g/mol. The molecular formula is C46H88O2. The van der Waals surface area contributed by atoms with E-state index in [4.69, 9.17) is 4.74 Å². The first-order valence-corrected chi connectivity index (χ1v) is 22.7. The lowest BCUT2D eigenvalue weighted by Gasteiger charge is -2.28. The Morgan fingerprint density at radius 3 is 0.896 bits per heavy atom. The van der Waals surface area contributed by atoms with Crippen molar-refractivity contribution >= 4 is 5.97 Å². The predicted octanol–water partition coefficient (Wildman–Crippen LogP) is 16.7. The Bertz CT molecular complexity index is 682. The normalized spacial score (nSPS) is 15.3. The van der Waals surface area contributed by atoms with Gasteiger partial charge in [0.15, 0.2) is 0 Å². The number of hydrogen-bond donors (Lipinski definition) is 0. The Morgan fingerprint density at radius 2 is 0.625 bits per heavy atom. The van der Waals surface area contributed by atoms with Crippen LogP contribution < -0.4 is 0 Å². The average Bonchev–Trinajstić information content (AvgIpc) is 3.09. The Balaban J connectivity index is 1.79. The van der Waals surface area contributed by atoms with Gasteiger partial charge in [-0.1, -0.05) is 251 Å². The Hall–Kier alpha value is -0.790. The van der Waals surface area contributed by atoms with Gasteiger partial charge in [-0.05, 0) is 25.3 Å². The molecule has 0 amide bonds. The van der Waals surface area contributed by atoms with Crippen molar-refractivity contribution in [2.24, 2.45) is 5.92 Å². The van der Waals surface area contributed by atoms with Crippen molar-refractivity contribution in [1.29, 1.82) is 0 Å². The second-order valence-electron chi connectivity index (χ2n) is 15.9. The molecule has 0 saturated carbocycles. The molecule has 1 aliphatic rings. The van der Waals surface area contributed by atoms with Gasteiger partial charge in [-0.25, -0.2) is 0 Å². The molecule has 0 aliphatic carbocycles. The van der Waals surface area contributed by atoms with Crippen LogP contribution in [-0.2, 0) is 9.53 Å². The minimum atomic E-state index is 0.0248. The van der Waals surface area contributed by atoms with Gasteiger partial charge in [-0.3, -0.25) is 4.79 Å². The van der Waals surface area contributed by atoms with Crippen LogP contribution in [0, 0.1) is 5.92 Å². The summed E-state index contributed by atoms with van der Waals surface area (Å²) in [4.78, 5) is 12.0. The van der Waals surface area contributed by atoms with Gasteiger partial charge in [0.25, 0.3) is 0 Å². The molecule has 0 spiro atoms. The number of cyclic esters (lactones) is 1. The van der Waals surface area contributed by atoms with E-state index in [0.717, 1.165) is 18.6 Å². The standard InChI is InChI=1S/C46H88O2/c1-3-5-7-9-11-13-15-17-19-21-23-25-27-29-31-33-35-37-39-41-43-45-44(46(47)48-45)42-40-38-36-34-32-30-28-26-24-22-20-18-16-14-12-10-8-6-4-2/h43-44H,3-42H2,1-2H3/b45-43-. The van der Waals surface area contributed by atoms with Crippen molar-refractivity contribution in [3.05, 3.63) is 11.8 Å². The molecular weight excluding hydrogens is 585 g/mol. The monoisotopic (exact) mass is 673 g/mol. The number of rotatable bonds is 40. The number of ether oxygens (including phenoxy) is 1. The molecule has 2 heteroatoms. The summed E-state index contributed by atoms with van der Waals surface area (Å²) in [7, 11) is 0. The molecule has 0 bridgehead atoms. The maximum Gasteiger partial charge on any atom is 0.321 e. The van der Waals surface area contributed by atoms with E-state index in [2.05, 4.69) is 19.9 Å². The maximum atomic E-state index is 12.0. The molecule has 1 unspecified atom stereocenters. The summed E-state index contributed by atoms with van der Waals surface area (Å²) >= 11 is 0. The summed E-state index contributed by atoms with van der Waals surface area (Å²) in [6.07, 6.45) is 58.1. The van der Waals surface area contributed by atoms with E-state index in [9.17, 15) is 4.79 Å². The molecule has 0 aromatic rings. The molecule has 2 nitrogen and oxygen atoms in total. The molecule has 1 heterocycles. The summed E-state index contributed by atoms with van der Waals surface area (Å²) < 4.78 is 5.41. The van der Waals surface area contributed by atoms with Gasteiger partial charge in [0, 0.05) is 0 Å². The van der Waals surface area contributed by atoms with Crippen LogP contribution in [0.15, 0.2) is 11.8 Å². The molecule has 284 valence electrons. The highest BCUT2D eigenvalue weighted by Crippen LogP contribution is 2.32. The second kappa shape index (κ2) is 37.5. The van der Waals surface area contributed by atoms with E-state index < -0.39 is 0 Å². The zero-order chi connectivity index (χ0) is 34.4. The van der Waals surface area contributed by atoms with Crippen molar-refractivity contribution in [1.82, 2.24) is 0 Å². The minimum absolute atomic E-state index is 0.0248. The smallest absolute Gasteiger partial charge is 0.321 e. The fourth-order valence-electron chi connectivity index (χ4n) is 7.65. The van der Waals surface area contributed by atoms with E-state index >= 15 is 0 Å². The molecule has 48 heavy (non-hydrogen) atoms. The number of carbonyl (C=O) groups is 1. The van der Waals surface area contributed by atoms with Gasteiger partial charge in [0.2, 0.25) is 0 Å². The van der Waals surface area contributed by atoms with E-state index in [0.29, 0.717) is 0 Å². The van der Waals surface area contributed by atoms with Crippen molar-refractivity contribution in [3.63, 3.8) is 0 Å². The van der Waals surface area contributed by atoms with Crippen LogP contribution in [0.1, 0.15) is 271 Å². The molecule has 0 aromatic heterocycles. The lowest BCUT2D eigenvalue weighted by atomic mass is 9.93. The van der Waals surface area contributed by atoms with E-state index in [-0.39, 0.29) is 11.9 Å². The molecule has 0 radical (unpaired) electrons. The van der Waals surface area contributed by atoms with Crippen molar-refractivity contribution in [2.45, 2.75) is 271 Å². The van der Waals surface area contributed by atoms with Crippen molar-refractivity contribution in [3.8, 4) is 0 Å². The first-order valence-electron chi connectivity index (χ1n) is 22.7. The molecule has 0 N–H and O–H groups in total. The first-order chi connectivity index (χ1) is 23.8. The van der Waals surface area contributed by atoms with Crippen molar-refractivity contribution < 1.29 is 9.53 Å². The SMILES string of the molecule is CCCCCCCCCCCCCCCCCCCCC/C=C1\OC(=O)C1CCCCCCCCCCCCCCCCCCCCC. The van der Waals surface area contributed by atoms with Gasteiger partial charge in [-0.2, -0.15) is 0 Å². The lowest BCUT2D eigenvalue weighted by molar-refractivity contribution is -0.157. The van der Waals surface area contributed by atoms with Crippen LogP contribution in [0.25, 0.3) is 0 Å². The fraction of sp³-hybridized carbons (Fsp3) is 0.935. The largest absolute Gasteiger partial charge is 0.430 e. The van der Waals surface area contributed by atoms with Crippen LogP contribution in [0.4, 0.5) is 0 Å². The van der Waals surface area contributed by atoms with Crippen LogP contribution in [0.5, 0.6) is 0 Å². The number of carbonyl (C=O) groups excluding carboxylic acids is 1. The number of unbranched alkanes of at least 4 members (excludes halogenated alkanes) is 37. The summed E-state index contributed by atoms with van der Waals surface area (Å²) in [6, 6.07) is 0. The van der Waals surface area contributed by atoms with E-state index in [1.807, 2.05) is 0 Å². The Labute approximate surface area is 303 Å². The third-order valence-corrected chi connectivity index (χ3v) is 11.1. The lowest BCUT2D eigenvalue weighted by Crippen LogP contribution is -2.32.